The number of pyridine rings is 1. The lowest BCUT2D eigenvalue weighted by molar-refractivity contribution is 0.0769. The van der Waals surface area contributed by atoms with Gasteiger partial charge in [-0.3, -0.25) is 4.79 Å². The Hall–Kier alpha value is -1.69. The van der Waals surface area contributed by atoms with Crippen molar-refractivity contribution in [1.29, 1.82) is 0 Å². The van der Waals surface area contributed by atoms with Gasteiger partial charge in [-0.25, -0.2) is 9.37 Å². The van der Waals surface area contributed by atoms with Crippen LogP contribution in [0.25, 0.3) is 0 Å². The maximum atomic E-state index is 13.0. The van der Waals surface area contributed by atoms with E-state index in [1.54, 1.807) is 14.0 Å². The van der Waals surface area contributed by atoms with Gasteiger partial charge in [0.15, 0.2) is 0 Å². The van der Waals surface area contributed by atoms with Crippen molar-refractivity contribution >= 4 is 11.7 Å². The number of carbonyl (C=O) groups excluding carboxylic acids is 1. The van der Waals surface area contributed by atoms with E-state index in [1.807, 2.05) is 0 Å². The first-order valence-electron chi connectivity index (χ1n) is 5.26. The molecule has 0 spiro atoms. The van der Waals surface area contributed by atoms with Crippen molar-refractivity contribution in [2.75, 3.05) is 19.3 Å². The number of hydrogen-bond donors (Lipinski definition) is 2. The molecule has 1 aromatic heterocycles. The van der Waals surface area contributed by atoms with E-state index in [0.29, 0.717) is 13.0 Å². The molecule has 1 rings (SSSR count). The molecule has 1 amide bonds. The fourth-order valence-electron chi connectivity index (χ4n) is 1.31. The molecule has 1 aromatic rings. The Morgan fingerprint density at radius 2 is 2.35 bits per heavy atom. The van der Waals surface area contributed by atoms with Crippen LogP contribution in [0, 0.1) is 5.82 Å². The van der Waals surface area contributed by atoms with E-state index in [0.717, 1.165) is 12.3 Å². The zero-order valence-corrected chi connectivity index (χ0v) is 9.85. The van der Waals surface area contributed by atoms with Crippen LogP contribution in [0.1, 0.15) is 23.7 Å². The number of nitrogen functional groups attached to an aromatic ring is 1. The van der Waals surface area contributed by atoms with E-state index in [9.17, 15) is 9.18 Å². The van der Waals surface area contributed by atoms with Crippen molar-refractivity contribution in [3.05, 3.63) is 23.6 Å². The molecule has 3 N–H and O–H groups in total. The third-order valence-corrected chi connectivity index (χ3v) is 2.34. The molecule has 0 saturated heterocycles. The Kier molecular flexibility index (Phi) is 4.39. The van der Waals surface area contributed by atoms with Crippen LogP contribution in [0.2, 0.25) is 0 Å². The zero-order chi connectivity index (χ0) is 13.0. The molecule has 0 fully saturated rings. The number of aliphatic hydroxyl groups excluding tert-OH is 1. The van der Waals surface area contributed by atoms with Crippen LogP contribution in [-0.2, 0) is 0 Å². The molecule has 17 heavy (non-hydrogen) atoms. The molecule has 5 nitrogen and oxygen atoms in total. The highest BCUT2D eigenvalue weighted by atomic mass is 19.1. The molecule has 0 saturated carbocycles. The monoisotopic (exact) mass is 241 g/mol. The van der Waals surface area contributed by atoms with Gasteiger partial charge in [-0.1, -0.05) is 0 Å². The predicted molar refractivity (Wildman–Crippen MR) is 61.9 cm³/mol. The summed E-state index contributed by atoms with van der Waals surface area (Å²) in [6.45, 7) is 2.00. The average molecular weight is 241 g/mol. The lowest BCUT2D eigenvalue weighted by atomic mass is 10.2. The smallest absolute Gasteiger partial charge is 0.257 e. The van der Waals surface area contributed by atoms with E-state index >= 15 is 0 Å². The van der Waals surface area contributed by atoms with Gasteiger partial charge in [-0.15, -0.1) is 0 Å². The minimum absolute atomic E-state index is 0.000275. The van der Waals surface area contributed by atoms with Crippen molar-refractivity contribution in [2.45, 2.75) is 19.4 Å². The fraction of sp³-hybridized carbons (Fsp3) is 0.455. The Bertz CT molecular complexity index is 410. The lowest BCUT2D eigenvalue weighted by Gasteiger charge is -2.18. The van der Waals surface area contributed by atoms with Crippen LogP contribution in [0.4, 0.5) is 10.2 Å². The third kappa shape index (κ3) is 3.67. The van der Waals surface area contributed by atoms with Crippen molar-refractivity contribution in [3.8, 4) is 0 Å². The van der Waals surface area contributed by atoms with Gasteiger partial charge in [0.2, 0.25) is 0 Å². The molecule has 0 aliphatic heterocycles. The molecule has 94 valence electrons. The van der Waals surface area contributed by atoms with Gasteiger partial charge in [0.25, 0.3) is 5.91 Å². The second-order valence-corrected chi connectivity index (χ2v) is 3.95. The van der Waals surface area contributed by atoms with Crippen molar-refractivity contribution in [1.82, 2.24) is 9.88 Å². The number of nitrogens with two attached hydrogens (primary N) is 1. The maximum Gasteiger partial charge on any atom is 0.257 e. The highest BCUT2D eigenvalue weighted by molar-refractivity contribution is 5.98. The molecule has 0 aliphatic rings. The first-order valence-corrected chi connectivity index (χ1v) is 5.26. The number of anilines is 1. The quantitative estimate of drug-likeness (QED) is 0.811. The van der Waals surface area contributed by atoms with Gasteiger partial charge in [0.05, 0.1) is 17.9 Å². The van der Waals surface area contributed by atoms with Crippen LogP contribution in [0.3, 0.4) is 0 Å². The van der Waals surface area contributed by atoms with Crippen LogP contribution in [-0.4, -0.2) is 40.6 Å². The molecule has 0 bridgehead atoms. The van der Waals surface area contributed by atoms with Gasteiger partial charge in [-0.2, -0.15) is 0 Å². The molecular formula is C11H16FN3O2. The van der Waals surface area contributed by atoms with Gasteiger partial charge in [-0.05, 0) is 19.4 Å². The van der Waals surface area contributed by atoms with Gasteiger partial charge < -0.3 is 15.7 Å². The lowest BCUT2D eigenvalue weighted by Crippen LogP contribution is -2.30. The highest BCUT2D eigenvalue weighted by Gasteiger charge is 2.16. The number of hydrogen-bond acceptors (Lipinski definition) is 4. The summed E-state index contributed by atoms with van der Waals surface area (Å²) in [6, 6.07) is 1.06. The summed E-state index contributed by atoms with van der Waals surface area (Å²) in [5.41, 5.74) is 5.55. The van der Waals surface area contributed by atoms with Crippen LogP contribution in [0.15, 0.2) is 12.3 Å². The summed E-state index contributed by atoms with van der Waals surface area (Å²) < 4.78 is 13.0. The molecule has 1 atom stereocenters. The Morgan fingerprint density at radius 3 is 2.94 bits per heavy atom. The minimum atomic E-state index is -0.605. The van der Waals surface area contributed by atoms with Gasteiger partial charge in [0, 0.05) is 13.6 Å². The first-order chi connectivity index (χ1) is 7.91. The molecule has 1 unspecified atom stereocenters. The van der Waals surface area contributed by atoms with Gasteiger partial charge >= 0.3 is 0 Å². The summed E-state index contributed by atoms with van der Waals surface area (Å²) in [5.74, 6) is -1.01. The SMILES string of the molecule is CC(O)CCN(C)C(=O)c1cc(F)cnc1N. The number of aromatic nitrogens is 1. The standard InChI is InChI=1S/C11H16FN3O2/c1-7(16)3-4-15(2)11(17)9-5-8(12)6-14-10(9)13/h5-7,16H,3-4H2,1-2H3,(H2,13,14). The molecular weight excluding hydrogens is 225 g/mol. The van der Waals surface area contributed by atoms with E-state index in [-0.39, 0.29) is 11.4 Å². The van der Waals surface area contributed by atoms with E-state index in [4.69, 9.17) is 10.8 Å². The van der Waals surface area contributed by atoms with E-state index in [1.165, 1.54) is 4.90 Å². The number of nitrogens with zero attached hydrogens (tertiary/aromatic N) is 2. The summed E-state index contributed by atoms with van der Waals surface area (Å²) in [6.07, 6.45) is 0.917. The largest absolute Gasteiger partial charge is 0.393 e. The second kappa shape index (κ2) is 5.58. The average Bonchev–Trinajstić information content (AvgIpc) is 2.28. The number of halogens is 1. The van der Waals surface area contributed by atoms with Gasteiger partial charge in [0.1, 0.15) is 11.6 Å². The predicted octanol–water partition coefficient (Wildman–Crippen LogP) is 0.646. The van der Waals surface area contributed by atoms with Crippen LogP contribution in [0.5, 0.6) is 0 Å². The molecule has 0 aliphatic carbocycles. The van der Waals surface area contributed by atoms with E-state index in [2.05, 4.69) is 4.98 Å². The summed E-state index contributed by atoms with van der Waals surface area (Å²) in [4.78, 5) is 16.8. The van der Waals surface area contributed by atoms with Crippen LogP contribution < -0.4 is 5.73 Å². The number of rotatable bonds is 4. The summed E-state index contributed by atoms with van der Waals surface area (Å²) in [7, 11) is 1.56. The normalized spacial score (nSPS) is 12.2. The minimum Gasteiger partial charge on any atom is -0.393 e. The number of aliphatic hydroxyl groups is 1. The summed E-state index contributed by atoms with van der Waals surface area (Å²) >= 11 is 0. The Morgan fingerprint density at radius 1 is 1.71 bits per heavy atom. The Balaban J connectivity index is 2.78. The van der Waals surface area contributed by atoms with Crippen molar-refractivity contribution in [3.63, 3.8) is 0 Å². The third-order valence-electron chi connectivity index (χ3n) is 2.34. The highest BCUT2D eigenvalue weighted by Crippen LogP contribution is 2.12. The Labute approximate surface area is 99.1 Å². The molecule has 6 heteroatoms. The number of amides is 1. The number of carbonyl (C=O) groups is 1. The molecule has 1 heterocycles. The fourth-order valence-corrected chi connectivity index (χ4v) is 1.31. The molecule has 0 aromatic carbocycles. The topological polar surface area (TPSA) is 79.5 Å². The first kappa shape index (κ1) is 13.4. The van der Waals surface area contributed by atoms with Crippen LogP contribution >= 0.6 is 0 Å². The maximum absolute atomic E-state index is 13.0. The zero-order valence-electron chi connectivity index (χ0n) is 9.85. The van der Waals surface area contributed by atoms with Crippen molar-refractivity contribution < 1.29 is 14.3 Å². The van der Waals surface area contributed by atoms with Crippen molar-refractivity contribution in [2.24, 2.45) is 0 Å². The molecule has 0 radical (unpaired) electrons. The summed E-state index contributed by atoms with van der Waals surface area (Å²) in [5, 5.41) is 9.12. The second-order valence-electron chi connectivity index (χ2n) is 3.95. The van der Waals surface area contributed by atoms with E-state index < -0.39 is 17.8 Å².